The molecule has 0 aromatic heterocycles. The first-order valence-electron chi connectivity index (χ1n) is 6.25. The fraction of sp³-hybridized carbons (Fsp3) is 0.250. The third kappa shape index (κ3) is 2.06. The Labute approximate surface area is 108 Å². The van der Waals surface area contributed by atoms with Gasteiger partial charge in [0.15, 0.2) is 0 Å². The molecule has 0 spiro atoms. The highest BCUT2D eigenvalue weighted by Crippen LogP contribution is 2.40. The molecule has 1 saturated heterocycles. The Kier molecular flexibility index (Phi) is 2.71. The topological polar surface area (TPSA) is 12.2 Å². The molecule has 2 aromatic carbocycles. The van der Waals surface area contributed by atoms with E-state index in [9.17, 15) is 0 Å². The van der Waals surface area contributed by atoms with Crippen LogP contribution in [0.1, 0.15) is 17.2 Å². The van der Waals surface area contributed by atoms with Gasteiger partial charge in [-0.3, -0.25) is 0 Å². The first-order valence-corrected chi connectivity index (χ1v) is 6.25. The molecule has 2 heteroatoms. The van der Waals surface area contributed by atoms with Crippen molar-refractivity contribution >= 4 is 5.69 Å². The second-order valence-electron chi connectivity index (χ2n) is 4.78. The molecule has 2 nitrogen and oxygen atoms in total. The molecule has 92 valence electrons. The summed E-state index contributed by atoms with van der Waals surface area (Å²) in [6.45, 7) is 3.23. The fourth-order valence-corrected chi connectivity index (χ4v) is 2.27. The van der Waals surface area contributed by atoms with Crippen LogP contribution in [-0.2, 0) is 0 Å². The van der Waals surface area contributed by atoms with Crippen molar-refractivity contribution in [2.24, 2.45) is 0 Å². The normalized spacial score (nSPS) is 17.7. The molecule has 1 heterocycles. The summed E-state index contributed by atoms with van der Waals surface area (Å²) in [6.07, 6.45) is 0. The summed E-state index contributed by atoms with van der Waals surface area (Å²) in [5.41, 5.74) is 3.98. The quantitative estimate of drug-likeness (QED) is 0.759. The molecular formula is C16H17NO. The van der Waals surface area contributed by atoms with E-state index in [0.717, 1.165) is 12.3 Å². The van der Waals surface area contributed by atoms with E-state index < -0.39 is 0 Å². The number of anilines is 1. The summed E-state index contributed by atoms with van der Waals surface area (Å²) in [4.78, 5) is 2.39. The van der Waals surface area contributed by atoms with Crippen LogP contribution in [0.3, 0.4) is 0 Å². The third-order valence-corrected chi connectivity index (χ3v) is 3.48. The summed E-state index contributed by atoms with van der Waals surface area (Å²) in [5.74, 6) is 0.910. The zero-order chi connectivity index (χ0) is 12.5. The van der Waals surface area contributed by atoms with Crippen LogP contribution in [-0.4, -0.2) is 13.7 Å². The van der Waals surface area contributed by atoms with Crippen LogP contribution >= 0.6 is 0 Å². The van der Waals surface area contributed by atoms with Crippen LogP contribution < -0.4 is 9.64 Å². The predicted octanol–water partition coefficient (Wildman–Crippen LogP) is 3.56. The van der Waals surface area contributed by atoms with Crippen LogP contribution in [0, 0.1) is 6.92 Å². The Bertz CT molecular complexity index is 530. The largest absolute Gasteiger partial charge is 0.497 e. The van der Waals surface area contributed by atoms with Gasteiger partial charge < -0.3 is 9.64 Å². The van der Waals surface area contributed by atoms with Crippen molar-refractivity contribution in [1.82, 2.24) is 0 Å². The lowest BCUT2D eigenvalue weighted by atomic mass is 10.1. The molecule has 1 aliphatic heterocycles. The van der Waals surface area contributed by atoms with Crippen LogP contribution in [0.15, 0.2) is 48.5 Å². The van der Waals surface area contributed by atoms with Gasteiger partial charge in [-0.25, -0.2) is 0 Å². The molecule has 18 heavy (non-hydrogen) atoms. The molecule has 0 amide bonds. The predicted molar refractivity (Wildman–Crippen MR) is 74.3 cm³/mol. The highest BCUT2D eigenvalue weighted by Gasteiger charge is 2.35. The van der Waals surface area contributed by atoms with Gasteiger partial charge in [-0.15, -0.1) is 0 Å². The monoisotopic (exact) mass is 239 g/mol. The molecule has 1 atom stereocenters. The molecule has 2 aromatic rings. The summed E-state index contributed by atoms with van der Waals surface area (Å²) in [7, 11) is 1.70. The molecule has 0 aliphatic carbocycles. The van der Waals surface area contributed by atoms with Crippen LogP contribution in [0.4, 0.5) is 5.69 Å². The van der Waals surface area contributed by atoms with Crippen LogP contribution in [0.2, 0.25) is 0 Å². The number of hydrogen-bond donors (Lipinski definition) is 0. The molecule has 1 aliphatic rings. The third-order valence-electron chi connectivity index (χ3n) is 3.48. The first kappa shape index (κ1) is 11.1. The lowest BCUT2D eigenvalue weighted by molar-refractivity contribution is 0.415. The number of aryl methyl sites for hydroxylation is 1. The Hall–Kier alpha value is -1.96. The van der Waals surface area contributed by atoms with E-state index in [4.69, 9.17) is 4.74 Å². The van der Waals surface area contributed by atoms with E-state index in [0.29, 0.717) is 6.04 Å². The van der Waals surface area contributed by atoms with Gasteiger partial charge in [-0.1, -0.05) is 29.8 Å². The maximum atomic E-state index is 5.18. The van der Waals surface area contributed by atoms with Gasteiger partial charge in [-0.05, 0) is 36.8 Å². The zero-order valence-corrected chi connectivity index (χ0v) is 10.8. The van der Waals surface area contributed by atoms with E-state index in [1.54, 1.807) is 7.11 Å². The number of methoxy groups -OCH3 is 1. The molecule has 0 N–H and O–H groups in total. The van der Waals surface area contributed by atoms with Gasteiger partial charge >= 0.3 is 0 Å². The lowest BCUT2D eigenvalue weighted by Gasteiger charge is -2.07. The maximum absolute atomic E-state index is 5.18. The van der Waals surface area contributed by atoms with Crippen LogP contribution in [0.5, 0.6) is 5.75 Å². The smallest absolute Gasteiger partial charge is 0.119 e. The average Bonchev–Trinajstić information content (AvgIpc) is 3.20. The van der Waals surface area contributed by atoms with Crippen molar-refractivity contribution in [3.8, 4) is 5.75 Å². The first-order chi connectivity index (χ1) is 8.78. The summed E-state index contributed by atoms with van der Waals surface area (Å²) in [5, 5.41) is 0. The minimum atomic E-state index is 0.541. The maximum Gasteiger partial charge on any atom is 0.119 e. The van der Waals surface area contributed by atoms with Crippen molar-refractivity contribution in [2.45, 2.75) is 13.0 Å². The van der Waals surface area contributed by atoms with Gasteiger partial charge in [0.1, 0.15) is 5.75 Å². The van der Waals surface area contributed by atoms with E-state index in [1.807, 2.05) is 12.1 Å². The van der Waals surface area contributed by atoms with Crippen molar-refractivity contribution in [3.05, 3.63) is 59.7 Å². The van der Waals surface area contributed by atoms with Gasteiger partial charge in [0.05, 0.1) is 13.2 Å². The average molecular weight is 239 g/mol. The van der Waals surface area contributed by atoms with Gasteiger partial charge in [0.25, 0.3) is 0 Å². The van der Waals surface area contributed by atoms with E-state index in [1.165, 1.54) is 16.8 Å². The molecule has 0 radical (unpaired) electrons. The second-order valence-corrected chi connectivity index (χ2v) is 4.78. The zero-order valence-electron chi connectivity index (χ0n) is 10.8. The molecule has 0 saturated carbocycles. The lowest BCUT2D eigenvalue weighted by Crippen LogP contribution is -1.94. The van der Waals surface area contributed by atoms with Crippen molar-refractivity contribution < 1.29 is 4.74 Å². The summed E-state index contributed by atoms with van der Waals surface area (Å²) < 4.78 is 5.18. The van der Waals surface area contributed by atoms with Gasteiger partial charge in [-0.2, -0.15) is 0 Å². The minimum Gasteiger partial charge on any atom is -0.497 e. The minimum absolute atomic E-state index is 0.541. The molecule has 0 bridgehead atoms. The summed E-state index contributed by atoms with van der Waals surface area (Å²) in [6, 6.07) is 17.6. The Morgan fingerprint density at radius 2 is 1.67 bits per heavy atom. The van der Waals surface area contributed by atoms with E-state index >= 15 is 0 Å². The molecule has 1 unspecified atom stereocenters. The van der Waals surface area contributed by atoms with Gasteiger partial charge in [0, 0.05) is 12.2 Å². The number of benzene rings is 2. The van der Waals surface area contributed by atoms with Crippen molar-refractivity contribution in [3.63, 3.8) is 0 Å². The molecular weight excluding hydrogens is 222 g/mol. The highest BCUT2D eigenvalue weighted by molar-refractivity contribution is 5.57. The van der Waals surface area contributed by atoms with E-state index in [-0.39, 0.29) is 0 Å². The fourth-order valence-electron chi connectivity index (χ4n) is 2.27. The SMILES string of the molecule is COc1ccc(N2CC2c2ccc(C)cc2)cc1. The van der Waals surface area contributed by atoms with Crippen molar-refractivity contribution in [2.75, 3.05) is 18.6 Å². The Morgan fingerprint density at radius 1 is 1.00 bits per heavy atom. The Morgan fingerprint density at radius 3 is 2.28 bits per heavy atom. The molecule has 3 rings (SSSR count). The number of ether oxygens (including phenoxy) is 1. The number of hydrogen-bond acceptors (Lipinski definition) is 2. The summed E-state index contributed by atoms with van der Waals surface area (Å²) >= 11 is 0. The van der Waals surface area contributed by atoms with Gasteiger partial charge in [0.2, 0.25) is 0 Å². The highest BCUT2D eigenvalue weighted by atomic mass is 16.5. The number of rotatable bonds is 3. The van der Waals surface area contributed by atoms with Crippen molar-refractivity contribution in [1.29, 1.82) is 0 Å². The standard InChI is InChI=1S/C16H17NO/c1-12-3-5-13(6-4-12)16-11-17(16)14-7-9-15(18-2)10-8-14/h3-10,16H,11H2,1-2H3. The molecule has 1 fully saturated rings. The van der Waals surface area contributed by atoms with Crippen LogP contribution in [0.25, 0.3) is 0 Å². The number of nitrogens with zero attached hydrogens (tertiary/aromatic N) is 1. The Balaban J connectivity index is 1.74. The van der Waals surface area contributed by atoms with E-state index in [2.05, 4.69) is 48.2 Å². The second kappa shape index (κ2) is 4.37.